The zero-order valence-electron chi connectivity index (χ0n) is 16.3. The van der Waals surface area contributed by atoms with Gasteiger partial charge in [0.15, 0.2) is 0 Å². The van der Waals surface area contributed by atoms with Crippen LogP contribution < -0.4 is 15.0 Å². The fourth-order valence-electron chi connectivity index (χ4n) is 3.39. The molecular formula is C21H29N4O2+. The Morgan fingerprint density at radius 2 is 1.85 bits per heavy atom. The molecule has 6 nitrogen and oxygen atoms in total. The number of nitrogens with zero attached hydrogens (tertiary/aromatic N) is 3. The van der Waals surface area contributed by atoms with Crippen LogP contribution in [0.4, 0.5) is 5.95 Å². The van der Waals surface area contributed by atoms with E-state index in [1.54, 1.807) is 7.11 Å². The Kier molecular flexibility index (Phi) is 5.98. The summed E-state index contributed by atoms with van der Waals surface area (Å²) in [6.45, 7) is 2.25. The van der Waals surface area contributed by atoms with Gasteiger partial charge in [-0.05, 0) is 50.3 Å². The second-order valence-electron chi connectivity index (χ2n) is 7.05. The second-order valence-corrected chi connectivity index (χ2v) is 7.05. The molecule has 0 aliphatic heterocycles. The van der Waals surface area contributed by atoms with Crippen molar-refractivity contribution in [2.75, 3.05) is 33.5 Å². The Balaban J connectivity index is 1.87. The first kappa shape index (κ1) is 19.2. The summed E-state index contributed by atoms with van der Waals surface area (Å²) in [5.41, 5.74) is 9.45. The number of anilines is 1. The van der Waals surface area contributed by atoms with Gasteiger partial charge < -0.3 is 14.7 Å². The number of fused-ring (bicyclic) bond motifs is 1. The summed E-state index contributed by atoms with van der Waals surface area (Å²) in [5, 5.41) is 10.7. The number of hydrogen-bond donors (Lipinski definition) is 2. The number of hydrogen-bond acceptors (Lipinski definition) is 4. The number of ether oxygens (including phenoxy) is 1. The molecule has 0 spiro atoms. The lowest BCUT2D eigenvalue weighted by Crippen LogP contribution is -2.39. The molecule has 144 valence electrons. The third kappa shape index (κ3) is 4.23. The molecule has 0 aliphatic carbocycles. The summed E-state index contributed by atoms with van der Waals surface area (Å²) in [6.07, 6.45) is 0.362. The highest BCUT2D eigenvalue weighted by molar-refractivity contribution is 5.73. The number of methoxy groups -OCH3 is 1. The summed E-state index contributed by atoms with van der Waals surface area (Å²) < 4.78 is 9.33. The first-order valence-corrected chi connectivity index (χ1v) is 9.24. The van der Waals surface area contributed by atoms with Crippen LogP contribution in [0.3, 0.4) is 0 Å². The highest BCUT2D eigenvalue weighted by atomic mass is 16.5. The van der Waals surface area contributed by atoms with Gasteiger partial charge in [-0.1, -0.05) is 24.3 Å². The molecule has 1 atom stereocenters. The Hall–Kier alpha value is -2.57. The van der Waals surface area contributed by atoms with E-state index in [-0.39, 0.29) is 0 Å². The van der Waals surface area contributed by atoms with Gasteiger partial charge in [0.1, 0.15) is 29.4 Å². The molecule has 0 saturated carbocycles. The lowest BCUT2D eigenvalue weighted by Gasteiger charge is -2.11. The number of benzene rings is 2. The third-order valence-electron chi connectivity index (χ3n) is 4.86. The van der Waals surface area contributed by atoms with Gasteiger partial charge >= 0.3 is 5.95 Å². The fraction of sp³-hybridized carbons (Fsp3) is 0.381. The van der Waals surface area contributed by atoms with Gasteiger partial charge in [-0.2, -0.15) is 0 Å². The zero-order chi connectivity index (χ0) is 19.4. The first-order valence-electron chi connectivity index (χ1n) is 9.24. The van der Waals surface area contributed by atoms with Crippen LogP contribution >= 0.6 is 0 Å². The van der Waals surface area contributed by atoms with E-state index in [4.69, 9.17) is 10.5 Å². The largest absolute Gasteiger partial charge is 0.497 e. The van der Waals surface area contributed by atoms with Crippen LogP contribution in [0.15, 0.2) is 48.5 Å². The quantitative estimate of drug-likeness (QED) is 0.598. The summed E-state index contributed by atoms with van der Waals surface area (Å²) in [6, 6.07) is 15.6. The van der Waals surface area contributed by atoms with Gasteiger partial charge in [0.2, 0.25) is 0 Å². The lowest BCUT2D eigenvalue weighted by atomic mass is 10.1. The number of para-hydroxylation sites is 2. The van der Waals surface area contributed by atoms with E-state index in [9.17, 15) is 5.11 Å². The number of aliphatic hydroxyl groups is 1. The molecule has 1 heterocycles. The van der Waals surface area contributed by atoms with E-state index in [0.29, 0.717) is 12.5 Å². The Labute approximate surface area is 160 Å². The molecule has 0 bridgehead atoms. The van der Waals surface area contributed by atoms with Crippen LogP contribution in [0.25, 0.3) is 11.0 Å². The molecule has 27 heavy (non-hydrogen) atoms. The summed E-state index contributed by atoms with van der Waals surface area (Å²) in [7, 11) is 5.78. The summed E-state index contributed by atoms with van der Waals surface area (Å²) in [5.74, 6) is 1.44. The Bertz CT molecular complexity index is 887. The molecule has 0 fully saturated rings. The summed E-state index contributed by atoms with van der Waals surface area (Å²) >= 11 is 0. The number of nitrogens with two attached hydrogens (primary N) is 1. The van der Waals surface area contributed by atoms with Crippen molar-refractivity contribution in [3.63, 3.8) is 0 Å². The van der Waals surface area contributed by atoms with Gasteiger partial charge in [-0.3, -0.25) is 5.73 Å². The minimum Gasteiger partial charge on any atom is -0.497 e. The minimum atomic E-state index is -0.649. The van der Waals surface area contributed by atoms with Crippen LogP contribution in [0.5, 0.6) is 5.75 Å². The zero-order valence-corrected chi connectivity index (χ0v) is 16.3. The molecule has 2 aromatic carbocycles. The number of aromatic nitrogens is 2. The predicted octanol–water partition coefficient (Wildman–Crippen LogP) is 2.20. The van der Waals surface area contributed by atoms with Gasteiger partial charge in [0, 0.05) is 6.54 Å². The van der Waals surface area contributed by atoms with Crippen molar-refractivity contribution >= 4 is 17.0 Å². The van der Waals surface area contributed by atoms with Gasteiger partial charge in [-0.15, -0.1) is 0 Å². The molecule has 3 N–H and O–H groups in total. The van der Waals surface area contributed by atoms with Gasteiger partial charge in [0.25, 0.3) is 0 Å². The van der Waals surface area contributed by atoms with E-state index in [1.807, 2.05) is 41.0 Å². The molecule has 3 rings (SSSR count). The Morgan fingerprint density at radius 1 is 1.15 bits per heavy atom. The van der Waals surface area contributed by atoms with E-state index in [0.717, 1.165) is 41.9 Å². The maximum Gasteiger partial charge on any atom is 0.356 e. The van der Waals surface area contributed by atoms with Gasteiger partial charge in [0.05, 0.1) is 13.7 Å². The summed E-state index contributed by atoms with van der Waals surface area (Å²) in [4.78, 5) is 2.17. The maximum atomic E-state index is 10.7. The molecule has 6 heteroatoms. The molecule has 0 aliphatic rings. The van der Waals surface area contributed by atoms with E-state index in [2.05, 4.69) is 35.7 Å². The van der Waals surface area contributed by atoms with Crippen molar-refractivity contribution in [1.29, 1.82) is 0 Å². The number of aliphatic hydroxyl groups excluding tert-OH is 1. The average Bonchev–Trinajstić information content (AvgIpc) is 2.93. The first-order chi connectivity index (χ1) is 13.0. The van der Waals surface area contributed by atoms with Crippen LogP contribution in [-0.4, -0.2) is 42.3 Å². The maximum absolute atomic E-state index is 10.7. The molecular weight excluding hydrogens is 340 g/mol. The van der Waals surface area contributed by atoms with E-state index < -0.39 is 6.10 Å². The molecule has 0 saturated heterocycles. The predicted molar refractivity (Wildman–Crippen MR) is 108 cm³/mol. The minimum absolute atomic E-state index is 0.402. The number of rotatable bonds is 8. The van der Waals surface area contributed by atoms with Crippen molar-refractivity contribution in [3.05, 3.63) is 54.1 Å². The van der Waals surface area contributed by atoms with Crippen molar-refractivity contribution in [1.82, 2.24) is 9.47 Å². The number of aryl methyl sites for hydroxylation is 1. The fourth-order valence-corrected chi connectivity index (χ4v) is 3.39. The molecule has 0 amide bonds. The van der Waals surface area contributed by atoms with Gasteiger partial charge in [-0.25, -0.2) is 9.13 Å². The van der Waals surface area contributed by atoms with Crippen LogP contribution in [-0.2, 0) is 13.1 Å². The van der Waals surface area contributed by atoms with Crippen molar-refractivity contribution in [2.24, 2.45) is 0 Å². The third-order valence-corrected chi connectivity index (χ3v) is 4.86. The second kappa shape index (κ2) is 8.41. The van der Waals surface area contributed by atoms with Crippen molar-refractivity contribution in [3.8, 4) is 5.75 Å². The standard InChI is InChI=1S/C21H28N4O2/c1-23(2)13-6-14-24-18-7-4-5-8-19(18)25(21(24)22)15-20(26)16-9-11-17(27-3)12-10-16/h4-5,7-12,20,22,26H,6,13-15H2,1-3H3/p+1/t20-/m0/s1. The normalized spacial score (nSPS) is 12.6. The smallest absolute Gasteiger partial charge is 0.356 e. The highest BCUT2D eigenvalue weighted by Crippen LogP contribution is 2.21. The SMILES string of the molecule is COc1ccc([C@@H](O)C[n+]2c(N)n(CCCN(C)C)c3ccccc32)cc1. The van der Waals surface area contributed by atoms with Crippen LogP contribution in [0.2, 0.25) is 0 Å². The number of nitrogen functional groups attached to an aromatic ring is 1. The van der Waals surface area contributed by atoms with E-state index >= 15 is 0 Å². The van der Waals surface area contributed by atoms with Crippen LogP contribution in [0, 0.1) is 0 Å². The molecule has 3 aromatic rings. The highest BCUT2D eigenvalue weighted by Gasteiger charge is 2.23. The van der Waals surface area contributed by atoms with Crippen LogP contribution in [0.1, 0.15) is 18.1 Å². The van der Waals surface area contributed by atoms with Crippen molar-refractivity contribution < 1.29 is 14.4 Å². The van der Waals surface area contributed by atoms with E-state index in [1.165, 1.54) is 0 Å². The topological polar surface area (TPSA) is 67.5 Å². The molecule has 1 aromatic heterocycles. The number of imidazole rings is 1. The molecule has 0 unspecified atom stereocenters. The monoisotopic (exact) mass is 369 g/mol. The molecule has 0 radical (unpaired) electrons. The average molecular weight is 369 g/mol. The Morgan fingerprint density at radius 3 is 2.52 bits per heavy atom. The van der Waals surface area contributed by atoms with Crippen molar-refractivity contribution in [2.45, 2.75) is 25.6 Å². The lowest BCUT2D eigenvalue weighted by molar-refractivity contribution is -0.666.